The summed E-state index contributed by atoms with van der Waals surface area (Å²) < 4.78 is 27.6. The zero-order chi connectivity index (χ0) is 14.4. The molecule has 120 valence electrons. The molecule has 1 fully saturated rings. The topological polar surface area (TPSA) is 15.3 Å². The Bertz CT molecular complexity index is 423. The number of hydrogen-bond acceptors (Lipinski definition) is 2. The maximum atomic E-state index is 14.1. The number of benzene rings is 1. The third-order valence-electron chi connectivity index (χ3n) is 4.01. The molecular formula is C16H25ClF2N2. The van der Waals surface area contributed by atoms with E-state index >= 15 is 0 Å². The molecule has 0 bridgehead atoms. The molecule has 21 heavy (non-hydrogen) atoms. The van der Waals surface area contributed by atoms with E-state index in [0.29, 0.717) is 5.56 Å². The summed E-state index contributed by atoms with van der Waals surface area (Å²) in [6.45, 7) is 5.78. The van der Waals surface area contributed by atoms with Crippen LogP contribution in [-0.2, 0) is 0 Å². The Hall–Kier alpha value is -0.710. The van der Waals surface area contributed by atoms with Gasteiger partial charge in [0.1, 0.15) is 0 Å². The van der Waals surface area contributed by atoms with Crippen LogP contribution in [0, 0.1) is 11.6 Å². The van der Waals surface area contributed by atoms with E-state index in [1.54, 1.807) is 12.1 Å². The number of rotatable bonds is 6. The number of nitrogens with one attached hydrogen (secondary N) is 1. The maximum Gasteiger partial charge on any atom is 0.163 e. The summed E-state index contributed by atoms with van der Waals surface area (Å²) >= 11 is 0. The summed E-state index contributed by atoms with van der Waals surface area (Å²) in [6.07, 6.45) is 4.23. The van der Waals surface area contributed by atoms with Crippen molar-refractivity contribution in [2.75, 3.05) is 26.2 Å². The van der Waals surface area contributed by atoms with Crippen LogP contribution in [0.25, 0.3) is 0 Å². The van der Waals surface area contributed by atoms with Gasteiger partial charge in [0.2, 0.25) is 0 Å². The van der Waals surface area contributed by atoms with E-state index in [9.17, 15) is 8.78 Å². The van der Waals surface area contributed by atoms with Gasteiger partial charge in [0.05, 0.1) is 0 Å². The minimum atomic E-state index is -0.738. The first-order chi connectivity index (χ1) is 9.74. The third-order valence-corrected chi connectivity index (χ3v) is 4.01. The van der Waals surface area contributed by atoms with Crippen molar-refractivity contribution in [2.24, 2.45) is 0 Å². The Morgan fingerprint density at radius 1 is 1.19 bits per heavy atom. The van der Waals surface area contributed by atoms with Crippen molar-refractivity contribution in [3.05, 3.63) is 35.4 Å². The lowest BCUT2D eigenvalue weighted by molar-refractivity contribution is 0.159. The largest absolute Gasteiger partial charge is 0.314 e. The van der Waals surface area contributed by atoms with Gasteiger partial charge in [-0.1, -0.05) is 38.3 Å². The van der Waals surface area contributed by atoms with Gasteiger partial charge < -0.3 is 5.32 Å². The minimum Gasteiger partial charge on any atom is -0.314 e. The van der Waals surface area contributed by atoms with E-state index in [0.717, 1.165) is 51.9 Å². The van der Waals surface area contributed by atoms with Gasteiger partial charge in [-0.05, 0) is 12.5 Å². The van der Waals surface area contributed by atoms with Gasteiger partial charge in [0.25, 0.3) is 0 Å². The average Bonchev–Trinajstić information content (AvgIpc) is 2.48. The Labute approximate surface area is 132 Å². The quantitative estimate of drug-likeness (QED) is 0.800. The van der Waals surface area contributed by atoms with Crippen molar-refractivity contribution in [2.45, 2.75) is 38.6 Å². The van der Waals surface area contributed by atoms with E-state index < -0.39 is 11.6 Å². The number of hydrogen-bond donors (Lipinski definition) is 1. The highest BCUT2D eigenvalue weighted by Crippen LogP contribution is 2.29. The summed E-state index contributed by atoms with van der Waals surface area (Å²) in [5.74, 6) is -1.41. The summed E-state index contributed by atoms with van der Waals surface area (Å²) in [5.41, 5.74) is 0.517. The number of piperazine rings is 1. The van der Waals surface area contributed by atoms with Crippen molar-refractivity contribution in [3.8, 4) is 0 Å². The molecule has 0 saturated carbocycles. The standard InChI is InChI=1S/C16H24F2N2.ClH/c1-2-3-4-8-15(20-11-9-19-10-12-20)13-6-5-7-14(17)16(13)18;/h5-7,15,19H,2-4,8-12H2,1H3;1H/t15-;/m1./s1. The van der Waals surface area contributed by atoms with Crippen molar-refractivity contribution in [1.29, 1.82) is 0 Å². The van der Waals surface area contributed by atoms with Crippen molar-refractivity contribution >= 4 is 12.4 Å². The molecule has 1 aromatic carbocycles. The molecule has 0 aliphatic carbocycles. The Morgan fingerprint density at radius 3 is 2.57 bits per heavy atom. The predicted octanol–water partition coefficient (Wildman–Crippen LogP) is 3.91. The van der Waals surface area contributed by atoms with Crippen molar-refractivity contribution in [1.82, 2.24) is 10.2 Å². The highest BCUT2D eigenvalue weighted by Gasteiger charge is 2.25. The van der Waals surface area contributed by atoms with Gasteiger partial charge in [-0.25, -0.2) is 8.78 Å². The van der Waals surface area contributed by atoms with Gasteiger partial charge in [0, 0.05) is 37.8 Å². The van der Waals surface area contributed by atoms with E-state index in [2.05, 4.69) is 17.1 Å². The zero-order valence-electron chi connectivity index (χ0n) is 12.6. The van der Waals surface area contributed by atoms with Gasteiger partial charge in [-0.2, -0.15) is 0 Å². The van der Waals surface area contributed by atoms with E-state index in [4.69, 9.17) is 0 Å². The third kappa shape index (κ3) is 4.90. The molecule has 1 aliphatic heterocycles. The molecular weight excluding hydrogens is 294 g/mol. The van der Waals surface area contributed by atoms with Crippen LogP contribution in [0.5, 0.6) is 0 Å². The van der Waals surface area contributed by atoms with Crippen LogP contribution in [0.15, 0.2) is 18.2 Å². The first kappa shape index (κ1) is 18.3. The van der Waals surface area contributed by atoms with Crippen LogP contribution in [-0.4, -0.2) is 31.1 Å². The van der Waals surface area contributed by atoms with Gasteiger partial charge in [-0.15, -0.1) is 12.4 Å². The smallest absolute Gasteiger partial charge is 0.163 e. The molecule has 1 saturated heterocycles. The molecule has 1 atom stereocenters. The molecule has 2 nitrogen and oxygen atoms in total. The van der Waals surface area contributed by atoms with Crippen LogP contribution < -0.4 is 5.32 Å². The molecule has 0 unspecified atom stereocenters. The lowest BCUT2D eigenvalue weighted by Gasteiger charge is -2.35. The summed E-state index contributed by atoms with van der Waals surface area (Å²) in [4.78, 5) is 2.28. The number of nitrogens with zero attached hydrogens (tertiary/aromatic N) is 1. The first-order valence-corrected chi connectivity index (χ1v) is 7.62. The minimum absolute atomic E-state index is 0. The van der Waals surface area contributed by atoms with Gasteiger partial charge in [0.15, 0.2) is 11.6 Å². The van der Waals surface area contributed by atoms with Gasteiger partial charge in [-0.3, -0.25) is 4.90 Å². The second kappa shape index (κ2) is 9.34. The van der Waals surface area contributed by atoms with Crippen LogP contribution in [0.2, 0.25) is 0 Å². The van der Waals surface area contributed by atoms with Crippen molar-refractivity contribution in [3.63, 3.8) is 0 Å². The highest BCUT2D eigenvalue weighted by atomic mass is 35.5. The monoisotopic (exact) mass is 318 g/mol. The fourth-order valence-electron chi connectivity index (χ4n) is 2.89. The fourth-order valence-corrected chi connectivity index (χ4v) is 2.89. The average molecular weight is 319 g/mol. The lowest BCUT2D eigenvalue weighted by atomic mass is 9.97. The van der Waals surface area contributed by atoms with Crippen LogP contribution in [0.4, 0.5) is 8.78 Å². The highest BCUT2D eigenvalue weighted by molar-refractivity contribution is 5.85. The molecule has 1 heterocycles. The molecule has 1 aliphatic rings. The second-order valence-corrected chi connectivity index (χ2v) is 5.44. The molecule has 0 spiro atoms. The fraction of sp³-hybridized carbons (Fsp3) is 0.625. The van der Waals surface area contributed by atoms with Crippen molar-refractivity contribution < 1.29 is 8.78 Å². The normalized spacial score (nSPS) is 17.3. The molecule has 0 aromatic heterocycles. The van der Waals surface area contributed by atoms with Crippen LogP contribution in [0.1, 0.15) is 44.2 Å². The molecule has 5 heteroatoms. The summed E-state index contributed by atoms with van der Waals surface area (Å²) in [7, 11) is 0. The lowest BCUT2D eigenvalue weighted by Crippen LogP contribution is -2.45. The molecule has 2 rings (SSSR count). The van der Waals surface area contributed by atoms with Crippen LogP contribution in [0.3, 0.4) is 0 Å². The molecule has 1 aromatic rings. The molecule has 0 amide bonds. The van der Waals surface area contributed by atoms with Gasteiger partial charge >= 0.3 is 0 Å². The second-order valence-electron chi connectivity index (χ2n) is 5.44. The predicted molar refractivity (Wildman–Crippen MR) is 84.9 cm³/mol. The Kier molecular flexibility index (Phi) is 8.15. The zero-order valence-corrected chi connectivity index (χ0v) is 13.4. The summed E-state index contributed by atoms with van der Waals surface area (Å²) in [5, 5.41) is 3.30. The number of unbranched alkanes of at least 4 members (excludes halogenated alkanes) is 2. The first-order valence-electron chi connectivity index (χ1n) is 7.62. The van der Waals surface area contributed by atoms with E-state index in [1.807, 2.05) is 0 Å². The Balaban J connectivity index is 0.00000220. The van der Waals surface area contributed by atoms with E-state index in [1.165, 1.54) is 6.07 Å². The Morgan fingerprint density at radius 2 is 1.90 bits per heavy atom. The SMILES string of the molecule is CCCCC[C@H](c1cccc(F)c1F)N1CCNCC1.Cl. The number of halogens is 3. The van der Waals surface area contributed by atoms with E-state index in [-0.39, 0.29) is 18.4 Å². The maximum absolute atomic E-state index is 14.1. The summed E-state index contributed by atoms with van der Waals surface area (Å²) in [6, 6.07) is 4.54. The molecule has 1 N–H and O–H groups in total. The molecule has 0 radical (unpaired) electrons. The van der Waals surface area contributed by atoms with Crippen LogP contribution >= 0.6 is 12.4 Å².